The third-order valence-electron chi connectivity index (χ3n) is 3.46. The Balaban J connectivity index is 2.64. The molecule has 3 heteroatoms. The van der Waals surface area contributed by atoms with Gasteiger partial charge in [0.15, 0.2) is 0 Å². The molecular weight excluding hydrogens is 224 g/mol. The number of rotatable bonds is 2. The zero-order valence-electron chi connectivity index (χ0n) is 11.2. The number of hydrogen-bond acceptors (Lipinski definition) is 1. The summed E-state index contributed by atoms with van der Waals surface area (Å²) in [6, 6.07) is 8.18. The van der Waals surface area contributed by atoms with Gasteiger partial charge in [0.2, 0.25) is 0 Å². The highest BCUT2D eigenvalue weighted by Crippen LogP contribution is 2.27. The third kappa shape index (κ3) is 1.92. The van der Waals surface area contributed by atoms with Crippen LogP contribution in [-0.4, -0.2) is 10.5 Å². The van der Waals surface area contributed by atoms with Gasteiger partial charge in [0.1, 0.15) is 0 Å². The maximum absolute atomic E-state index is 11.4. The summed E-state index contributed by atoms with van der Waals surface area (Å²) in [6.45, 7) is 6.06. The highest BCUT2D eigenvalue weighted by molar-refractivity contribution is 5.95. The Bertz CT molecular complexity index is 624. The van der Waals surface area contributed by atoms with Gasteiger partial charge in [0.05, 0.1) is 5.56 Å². The van der Waals surface area contributed by atoms with Gasteiger partial charge in [-0.3, -0.25) is 4.79 Å². The summed E-state index contributed by atoms with van der Waals surface area (Å²) >= 11 is 0. The van der Waals surface area contributed by atoms with E-state index in [0.29, 0.717) is 5.56 Å². The Morgan fingerprint density at radius 1 is 1.17 bits per heavy atom. The molecule has 1 amide bonds. The first-order valence-electron chi connectivity index (χ1n) is 5.95. The van der Waals surface area contributed by atoms with Crippen LogP contribution in [0.2, 0.25) is 0 Å². The van der Waals surface area contributed by atoms with Crippen molar-refractivity contribution in [3.05, 3.63) is 46.6 Å². The van der Waals surface area contributed by atoms with Crippen molar-refractivity contribution < 1.29 is 4.79 Å². The Morgan fingerprint density at radius 3 is 2.33 bits per heavy atom. The number of nitrogens with two attached hydrogens (primary N) is 1. The minimum absolute atomic E-state index is 0.376. The highest BCUT2D eigenvalue weighted by Gasteiger charge is 2.15. The van der Waals surface area contributed by atoms with Gasteiger partial charge in [-0.2, -0.15) is 0 Å². The molecule has 0 saturated heterocycles. The van der Waals surface area contributed by atoms with Gasteiger partial charge in [0.25, 0.3) is 5.91 Å². The van der Waals surface area contributed by atoms with Gasteiger partial charge in [-0.1, -0.05) is 23.8 Å². The SMILES string of the molecule is Cc1ccc(-c2cc(C(N)=O)c(C)n2C)c(C)c1. The van der Waals surface area contributed by atoms with Crippen molar-refractivity contribution in [2.45, 2.75) is 20.8 Å². The normalized spacial score (nSPS) is 10.7. The van der Waals surface area contributed by atoms with Crippen LogP contribution in [0.15, 0.2) is 24.3 Å². The number of primary amides is 1. The molecule has 0 fully saturated rings. The average molecular weight is 242 g/mol. The summed E-state index contributed by atoms with van der Waals surface area (Å²) in [6.07, 6.45) is 0. The Hall–Kier alpha value is -2.03. The van der Waals surface area contributed by atoms with Gasteiger partial charge < -0.3 is 10.3 Å². The molecule has 0 bridgehead atoms. The highest BCUT2D eigenvalue weighted by atomic mass is 16.1. The summed E-state index contributed by atoms with van der Waals surface area (Å²) < 4.78 is 2.01. The summed E-state index contributed by atoms with van der Waals surface area (Å²) in [5.41, 5.74) is 11.5. The molecule has 3 nitrogen and oxygen atoms in total. The number of aromatic nitrogens is 1. The molecule has 1 aromatic carbocycles. The van der Waals surface area contributed by atoms with E-state index in [0.717, 1.165) is 17.0 Å². The van der Waals surface area contributed by atoms with E-state index in [1.165, 1.54) is 11.1 Å². The van der Waals surface area contributed by atoms with Gasteiger partial charge >= 0.3 is 0 Å². The van der Waals surface area contributed by atoms with Crippen molar-refractivity contribution in [1.29, 1.82) is 0 Å². The van der Waals surface area contributed by atoms with Crippen LogP contribution in [0.25, 0.3) is 11.3 Å². The second-order valence-electron chi connectivity index (χ2n) is 4.77. The van der Waals surface area contributed by atoms with E-state index in [1.807, 2.05) is 24.6 Å². The second-order valence-corrected chi connectivity index (χ2v) is 4.77. The molecule has 1 aromatic heterocycles. The quantitative estimate of drug-likeness (QED) is 0.864. The molecule has 2 rings (SSSR count). The van der Waals surface area contributed by atoms with E-state index in [2.05, 4.69) is 32.0 Å². The number of carbonyl (C=O) groups excluding carboxylic acids is 1. The van der Waals surface area contributed by atoms with Crippen LogP contribution in [0.1, 0.15) is 27.2 Å². The minimum atomic E-state index is -0.376. The summed E-state index contributed by atoms with van der Waals surface area (Å²) in [7, 11) is 1.95. The van der Waals surface area contributed by atoms with E-state index in [9.17, 15) is 4.79 Å². The standard InChI is InChI=1S/C15H18N2O/c1-9-5-6-12(10(2)7-9)14-8-13(15(16)18)11(3)17(14)4/h5-8H,1-4H3,(H2,16,18). The molecule has 2 N–H and O–H groups in total. The Kier molecular flexibility index (Phi) is 2.99. The maximum atomic E-state index is 11.4. The monoisotopic (exact) mass is 242 g/mol. The molecule has 0 spiro atoms. The fourth-order valence-electron chi connectivity index (χ4n) is 2.31. The zero-order valence-corrected chi connectivity index (χ0v) is 11.2. The van der Waals surface area contributed by atoms with Crippen molar-refractivity contribution >= 4 is 5.91 Å². The lowest BCUT2D eigenvalue weighted by Gasteiger charge is -2.09. The lowest BCUT2D eigenvalue weighted by molar-refractivity contribution is 0.0999. The molecule has 0 radical (unpaired) electrons. The molecule has 0 unspecified atom stereocenters. The number of nitrogens with zero attached hydrogens (tertiary/aromatic N) is 1. The van der Waals surface area contributed by atoms with Crippen LogP contribution in [0, 0.1) is 20.8 Å². The largest absolute Gasteiger partial charge is 0.366 e. The maximum Gasteiger partial charge on any atom is 0.250 e. The zero-order chi connectivity index (χ0) is 13.4. The first kappa shape index (κ1) is 12.4. The molecule has 94 valence electrons. The van der Waals surface area contributed by atoms with E-state index < -0.39 is 0 Å². The lowest BCUT2D eigenvalue weighted by atomic mass is 10.0. The molecule has 1 heterocycles. The Labute approximate surface area is 107 Å². The van der Waals surface area contributed by atoms with Crippen LogP contribution < -0.4 is 5.73 Å². The smallest absolute Gasteiger partial charge is 0.250 e. The van der Waals surface area contributed by atoms with Crippen molar-refractivity contribution in [3.63, 3.8) is 0 Å². The number of hydrogen-bond donors (Lipinski definition) is 1. The summed E-state index contributed by atoms with van der Waals surface area (Å²) in [4.78, 5) is 11.4. The predicted molar refractivity (Wildman–Crippen MR) is 73.6 cm³/mol. The van der Waals surface area contributed by atoms with E-state index in [4.69, 9.17) is 5.73 Å². The number of benzene rings is 1. The third-order valence-corrected chi connectivity index (χ3v) is 3.46. The van der Waals surface area contributed by atoms with E-state index in [-0.39, 0.29) is 5.91 Å². The number of carbonyl (C=O) groups is 1. The molecule has 0 aliphatic heterocycles. The van der Waals surface area contributed by atoms with Crippen LogP contribution >= 0.6 is 0 Å². The average Bonchev–Trinajstić information content (AvgIpc) is 2.57. The molecule has 2 aromatic rings. The molecular formula is C15H18N2O. The van der Waals surface area contributed by atoms with Crippen LogP contribution in [0.5, 0.6) is 0 Å². The number of amides is 1. The first-order valence-corrected chi connectivity index (χ1v) is 5.95. The van der Waals surface area contributed by atoms with Gasteiger partial charge in [-0.25, -0.2) is 0 Å². The fraction of sp³-hybridized carbons (Fsp3) is 0.267. The van der Waals surface area contributed by atoms with Gasteiger partial charge in [-0.15, -0.1) is 0 Å². The fourth-order valence-corrected chi connectivity index (χ4v) is 2.31. The van der Waals surface area contributed by atoms with Crippen LogP contribution in [-0.2, 0) is 7.05 Å². The van der Waals surface area contributed by atoms with Crippen LogP contribution in [0.3, 0.4) is 0 Å². The molecule has 0 atom stereocenters. The van der Waals surface area contributed by atoms with E-state index in [1.54, 1.807) is 0 Å². The molecule has 0 aliphatic rings. The first-order chi connectivity index (χ1) is 8.41. The van der Waals surface area contributed by atoms with Gasteiger partial charge in [-0.05, 0) is 32.4 Å². The molecule has 0 saturated carbocycles. The Morgan fingerprint density at radius 2 is 1.83 bits per heavy atom. The summed E-state index contributed by atoms with van der Waals surface area (Å²) in [5, 5.41) is 0. The van der Waals surface area contributed by atoms with Crippen LogP contribution in [0.4, 0.5) is 0 Å². The number of aryl methyl sites for hydroxylation is 2. The second kappa shape index (κ2) is 4.33. The predicted octanol–water partition coefficient (Wildman–Crippen LogP) is 2.72. The van der Waals surface area contributed by atoms with E-state index >= 15 is 0 Å². The lowest BCUT2D eigenvalue weighted by Crippen LogP contribution is -2.11. The van der Waals surface area contributed by atoms with Crippen molar-refractivity contribution in [2.75, 3.05) is 0 Å². The topological polar surface area (TPSA) is 48.0 Å². The van der Waals surface area contributed by atoms with Crippen molar-refractivity contribution in [1.82, 2.24) is 4.57 Å². The van der Waals surface area contributed by atoms with Crippen molar-refractivity contribution in [3.8, 4) is 11.3 Å². The van der Waals surface area contributed by atoms with Crippen molar-refractivity contribution in [2.24, 2.45) is 12.8 Å². The molecule has 0 aliphatic carbocycles. The molecule has 18 heavy (non-hydrogen) atoms. The van der Waals surface area contributed by atoms with Gasteiger partial charge in [0, 0.05) is 24.0 Å². The summed E-state index contributed by atoms with van der Waals surface area (Å²) in [5.74, 6) is -0.376. The minimum Gasteiger partial charge on any atom is -0.366 e.